The van der Waals surface area contributed by atoms with E-state index in [-0.39, 0.29) is 12.0 Å². The van der Waals surface area contributed by atoms with Crippen LogP contribution in [0.3, 0.4) is 0 Å². The van der Waals surface area contributed by atoms with E-state index in [2.05, 4.69) is 11.4 Å². The van der Waals surface area contributed by atoms with Crippen LogP contribution in [0.4, 0.5) is 5.69 Å². The Balaban J connectivity index is 2.26. The molecule has 1 N–H and O–H groups in total. The molecule has 3 nitrogen and oxygen atoms in total. The van der Waals surface area contributed by atoms with Crippen molar-refractivity contribution in [2.24, 2.45) is 0 Å². The van der Waals surface area contributed by atoms with Crippen LogP contribution in [0.2, 0.25) is 0 Å². The van der Waals surface area contributed by atoms with E-state index in [0.29, 0.717) is 0 Å². The summed E-state index contributed by atoms with van der Waals surface area (Å²) in [6.07, 6.45) is 0. The Bertz CT molecular complexity index is 522. The third-order valence-electron chi connectivity index (χ3n) is 2.64. The fraction of sp³-hybridized carbons (Fsp3) is 0.214. The lowest BCUT2D eigenvalue weighted by atomic mass is 10.1. The zero-order valence-electron chi connectivity index (χ0n) is 10.3. The van der Waals surface area contributed by atoms with E-state index < -0.39 is 0 Å². The maximum absolute atomic E-state index is 11.4. The molecule has 1 heterocycles. The van der Waals surface area contributed by atoms with E-state index in [9.17, 15) is 4.79 Å². The van der Waals surface area contributed by atoms with Crippen LogP contribution in [0.25, 0.3) is 10.4 Å². The molecule has 0 spiro atoms. The van der Waals surface area contributed by atoms with Crippen molar-refractivity contribution in [2.75, 3.05) is 12.4 Å². The quantitative estimate of drug-likeness (QED) is 0.857. The van der Waals surface area contributed by atoms with Crippen LogP contribution in [0.1, 0.15) is 6.92 Å². The van der Waals surface area contributed by atoms with Gasteiger partial charge in [-0.1, -0.05) is 24.3 Å². The van der Waals surface area contributed by atoms with Crippen molar-refractivity contribution in [1.29, 1.82) is 0 Å². The number of thiophene rings is 1. The summed E-state index contributed by atoms with van der Waals surface area (Å²) in [5.41, 5.74) is 2.04. The van der Waals surface area contributed by atoms with Gasteiger partial charge in [0.1, 0.15) is 6.04 Å². The Morgan fingerprint density at radius 1 is 1.28 bits per heavy atom. The molecule has 1 aromatic carbocycles. The highest BCUT2D eigenvalue weighted by atomic mass is 32.1. The molecule has 0 fully saturated rings. The second-order valence-electron chi connectivity index (χ2n) is 3.91. The number of para-hydroxylation sites is 1. The number of rotatable bonds is 4. The second-order valence-corrected chi connectivity index (χ2v) is 4.86. The smallest absolute Gasteiger partial charge is 0.327 e. The highest BCUT2D eigenvalue weighted by molar-refractivity contribution is 7.13. The summed E-state index contributed by atoms with van der Waals surface area (Å²) in [6, 6.07) is 11.7. The summed E-state index contributed by atoms with van der Waals surface area (Å²) in [7, 11) is 1.39. The molecular weight excluding hydrogens is 246 g/mol. The van der Waals surface area contributed by atoms with E-state index in [1.54, 1.807) is 18.3 Å². The minimum Gasteiger partial charge on any atom is -0.467 e. The molecule has 2 aromatic rings. The summed E-state index contributed by atoms with van der Waals surface area (Å²) in [6.45, 7) is 1.79. The molecule has 0 bridgehead atoms. The third kappa shape index (κ3) is 2.71. The predicted octanol–water partition coefficient (Wildman–Crippen LogP) is 3.39. The monoisotopic (exact) mass is 261 g/mol. The number of methoxy groups -OCH3 is 1. The van der Waals surface area contributed by atoms with Crippen molar-refractivity contribution >= 4 is 23.0 Å². The van der Waals surface area contributed by atoms with Gasteiger partial charge in [0.15, 0.2) is 0 Å². The molecule has 0 saturated carbocycles. The van der Waals surface area contributed by atoms with E-state index in [1.807, 2.05) is 35.7 Å². The van der Waals surface area contributed by atoms with Gasteiger partial charge < -0.3 is 10.1 Å². The van der Waals surface area contributed by atoms with Crippen molar-refractivity contribution in [3.05, 3.63) is 41.8 Å². The second kappa shape index (κ2) is 5.69. The number of ether oxygens (including phenoxy) is 1. The summed E-state index contributed by atoms with van der Waals surface area (Å²) < 4.78 is 4.72. The van der Waals surface area contributed by atoms with Crippen molar-refractivity contribution in [3.63, 3.8) is 0 Å². The molecule has 2 rings (SSSR count). The van der Waals surface area contributed by atoms with Crippen molar-refractivity contribution < 1.29 is 9.53 Å². The summed E-state index contributed by atoms with van der Waals surface area (Å²) in [5, 5.41) is 5.22. The minimum absolute atomic E-state index is 0.268. The SMILES string of the molecule is COC(=O)C(C)Nc1ccccc1-c1cccs1. The van der Waals surface area contributed by atoms with Gasteiger partial charge in [-0.3, -0.25) is 0 Å². The van der Waals surface area contributed by atoms with Crippen LogP contribution in [0.5, 0.6) is 0 Å². The Morgan fingerprint density at radius 2 is 2.06 bits per heavy atom. The molecule has 0 radical (unpaired) electrons. The topological polar surface area (TPSA) is 38.3 Å². The lowest BCUT2D eigenvalue weighted by molar-refractivity contribution is -0.141. The average Bonchev–Trinajstić information content (AvgIpc) is 2.92. The maximum atomic E-state index is 11.4. The first-order valence-corrected chi connectivity index (χ1v) is 6.57. The fourth-order valence-electron chi connectivity index (χ4n) is 1.72. The maximum Gasteiger partial charge on any atom is 0.327 e. The number of anilines is 1. The zero-order chi connectivity index (χ0) is 13.0. The van der Waals surface area contributed by atoms with Crippen molar-refractivity contribution in [1.82, 2.24) is 0 Å². The average molecular weight is 261 g/mol. The first kappa shape index (κ1) is 12.6. The molecule has 1 atom stereocenters. The summed E-state index contributed by atoms with van der Waals surface area (Å²) in [5.74, 6) is -0.268. The van der Waals surface area contributed by atoms with Crippen molar-refractivity contribution in [2.45, 2.75) is 13.0 Å². The summed E-state index contributed by atoms with van der Waals surface area (Å²) >= 11 is 1.68. The molecule has 18 heavy (non-hydrogen) atoms. The van der Waals surface area contributed by atoms with Crippen LogP contribution in [-0.4, -0.2) is 19.1 Å². The predicted molar refractivity (Wildman–Crippen MR) is 74.9 cm³/mol. The number of carbonyl (C=O) groups is 1. The first-order chi connectivity index (χ1) is 8.72. The standard InChI is InChI=1S/C14H15NO2S/c1-10(14(16)17-2)15-12-7-4-3-6-11(12)13-8-5-9-18-13/h3-10,15H,1-2H3. The number of hydrogen-bond acceptors (Lipinski definition) is 4. The molecular formula is C14H15NO2S. The van der Waals surface area contributed by atoms with E-state index in [4.69, 9.17) is 4.74 Å². The lowest BCUT2D eigenvalue weighted by Crippen LogP contribution is -2.27. The van der Waals surface area contributed by atoms with Crippen LogP contribution in [0.15, 0.2) is 41.8 Å². The molecule has 1 aromatic heterocycles. The van der Waals surface area contributed by atoms with Crippen LogP contribution >= 0.6 is 11.3 Å². The molecule has 4 heteroatoms. The molecule has 1 unspecified atom stereocenters. The van der Waals surface area contributed by atoms with Crippen LogP contribution < -0.4 is 5.32 Å². The molecule has 0 amide bonds. The highest BCUT2D eigenvalue weighted by Crippen LogP contribution is 2.31. The Morgan fingerprint density at radius 3 is 2.72 bits per heavy atom. The van der Waals surface area contributed by atoms with Crippen LogP contribution in [0, 0.1) is 0 Å². The zero-order valence-corrected chi connectivity index (χ0v) is 11.2. The van der Waals surface area contributed by atoms with Gasteiger partial charge in [0.2, 0.25) is 0 Å². The molecule has 0 aliphatic carbocycles. The summed E-state index contributed by atoms with van der Waals surface area (Å²) in [4.78, 5) is 12.6. The molecule has 0 aliphatic heterocycles. The van der Waals surface area contributed by atoms with Crippen LogP contribution in [-0.2, 0) is 9.53 Å². The normalized spacial score (nSPS) is 11.9. The van der Waals surface area contributed by atoms with E-state index in [1.165, 1.54) is 12.0 Å². The Labute approximate surface area is 110 Å². The van der Waals surface area contributed by atoms with Gasteiger partial charge in [-0.2, -0.15) is 0 Å². The van der Waals surface area contributed by atoms with Crippen molar-refractivity contribution in [3.8, 4) is 10.4 Å². The van der Waals surface area contributed by atoms with E-state index >= 15 is 0 Å². The largest absolute Gasteiger partial charge is 0.467 e. The minimum atomic E-state index is -0.365. The number of benzene rings is 1. The number of carbonyl (C=O) groups excluding carboxylic acids is 1. The van der Waals surface area contributed by atoms with Gasteiger partial charge in [-0.25, -0.2) is 4.79 Å². The van der Waals surface area contributed by atoms with Gasteiger partial charge in [0.25, 0.3) is 0 Å². The third-order valence-corrected chi connectivity index (χ3v) is 3.54. The Hall–Kier alpha value is -1.81. The van der Waals surface area contributed by atoms with E-state index in [0.717, 1.165) is 11.3 Å². The lowest BCUT2D eigenvalue weighted by Gasteiger charge is -2.15. The van der Waals surface area contributed by atoms with Gasteiger partial charge >= 0.3 is 5.97 Å². The van der Waals surface area contributed by atoms with Gasteiger partial charge in [0.05, 0.1) is 7.11 Å². The molecule has 94 valence electrons. The fourth-order valence-corrected chi connectivity index (χ4v) is 2.49. The number of nitrogens with one attached hydrogen (secondary N) is 1. The Kier molecular flexibility index (Phi) is 3.99. The first-order valence-electron chi connectivity index (χ1n) is 5.69. The molecule has 0 saturated heterocycles. The number of esters is 1. The molecule has 0 aliphatic rings. The number of hydrogen-bond donors (Lipinski definition) is 1. The van der Waals surface area contributed by atoms with Gasteiger partial charge in [-0.15, -0.1) is 11.3 Å². The van der Waals surface area contributed by atoms with Gasteiger partial charge in [0, 0.05) is 16.1 Å². The van der Waals surface area contributed by atoms with Gasteiger partial charge in [-0.05, 0) is 24.4 Å². The highest BCUT2D eigenvalue weighted by Gasteiger charge is 2.14.